The van der Waals surface area contributed by atoms with Crippen molar-refractivity contribution >= 4 is 67.1 Å². The third kappa shape index (κ3) is 6.60. The molecule has 2 N–H and O–H groups in total. The number of anilines is 1. The van der Waals surface area contributed by atoms with E-state index in [1.54, 1.807) is 56.3 Å². The van der Waals surface area contributed by atoms with Gasteiger partial charge < -0.3 is 15.2 Å². The van der Waals surface area contributed by atoms with Gasteiger partial charge in [0.2, 0.25) is 0 Å². The third-order valence-corrected chi connectivity index (χ3v) is 7.43. The predicted octanol–water partition coefficient (Wildman–Crippen LogP) is 4.10. The molecule has 0 atom stereocenters. The first-order valence-electron chi connectivity index (χ1n) is 11.7. The van der Waals surface area contributed by atoms with E-state index in [4.69, 9.17) is 27.9 Å². The Morgan fingerprint density at radius 1 is 1.02 bits per heavy atom. The molecule has 1 amide bonds. The van der Waals surface area contributed by atoms with E-state index in [1.807, 2.05) is 0 Å². The van der Waals surface area contributed by atoms with E-state index >= 15 is 0 Å². The Labute approximate surface area is 263 Å². The van der Waals surface area contributed by atoms with Gasteiger partial charge in [-0.2, -0.15) is 13.5 Å². The van der Waals surface area contributed by atoms with Gasteiger partial charge in [-0.1, -0.05) is 66.2 Å². The molecule has 0 aliphatic heterocycles. The Morgan fingerprint density at radius 3 is 2.40 bits per heavy atom. The maximum absolute atomic E-state index is 13.5. The molecule has 0 saturated carbocycles. The second-order valence-electron chi connectivity index (χ2n) is 8.23. The molecule has 0 saturated heterocycles. The summed E-state index contributed by atoms with van der Waals surface area (Å²) in [6, 6.07) is 15.4. The Kier molecular flexibility index (Phi) is 10.6. The van der Waals surface area contributed by atoms with Gasteiger partial charge in [-0.15, -0.1) is 5.11 Å². The third-order valence-electron chi connectivity index (χ3n) is 5.80. The first kappa shape index (κ1) is 31.8. The summed E-state index contributed by atoms with van der Waals surface area (Å²) in [5.74, 6) is -1.12. The van der Waals surface area contributed by atoms with Crippen LogP contribution in [0, 0.1) is 0 Å². The van der Waals surface area contributed by atoms with Crippen LogP contribution >= 0.6 is 23.2 Å². The van der Waals surface area contributed by atoms with E-state index in [-0.39, 0.29) is 68.6 Å². The van der Waals surface area contributed by atoms with Gasteiger partial charge in [-0.25, -0.2) is 0 Å². The molecule has 0 aromatic heterocycles. The molecule has 4 aromatic rings. The van der Waals surface area contributed by atoms with E-state index < -0.39 is 26.7 Å². The van der Waals surface area contributed by atoms with Crippen molar-refractivity contribution in [3.8, 4) is 11.5 Å². The number of azo groups is 1. The number of nitrogens with one attached hydrogen (secondary N) is 1. The number of amides is 1. The van der Waals surface area contributed by atoms with Crippen LogP contribution in [0.3, 0.4) is 0 Å². The molecule has 0 aliphatic carbocycles. The summed E-state index contributed by atoms with van der Waals surface area (Å²) >= 11 is 12.6. The zero-order valence-electron chi connectivity index (χ0n) is 21.7. The molecule has 0 spiro atoms. The van der Waals surface area contributed by atoms with Crippen LogP contribution in [-0.4, -0.2) is 25.5 Å². The van der Waals surface area contributed by atoms with E-state index in [9.17, 15) is 22.9 Å². The summed E-state index contributed by atoms with van der Waals surface area (Å²) in [5, 5.41) is 25.6. The van der Waals surface area contributed by atoms with Crippen LogP contribution < -0.4 is 44.7 Å². The summed E-state index contributed by atoms with van der Waals surface area (Å²) in [7, 11) is -4.69. The molecule has 13 heteroatoms. The number of hydrogen-bond donors (Lipinski definition) is 2. The fourth-order valence-electron chi connectivity index (χ4n) is 3.99. The standard InChI is InChI=1S/C27H23Cl2N3O6S.Na/c1-3-16-19(28)12-13-22(39(35,36)37)24(16)31-32-25-17-9-6-5-8-15(17)14-18(26(25)33)27(34)30-20-10-7-11-21(23(20)29)38-4-2;/h5-14,33H,3-4H2,1-2H3,(H,30,34)(H,35,36,37);/q;+1/p-1. The predicted molar refractivity (Wildman–Crippen MR) is 149 cm³/mol. The van der Waals surface area contributed by atoms with Crippen LogP contribution in [0.25, 0.3) is 10.8 Å². The number of carbonyl (C=O) groups is 1. The molecule has 0 fully saturated rings. The van der Waals surface area contributed by atoms with Crippen LogP contribution in [-0.2, 0) is 16.5 Å². The number of carbonyl (C=O) groups excluding carboxylic acids is 1. The minimum absolute atomic E-state index is 0. The van der Waals surface area contributed by atoms with Crippen LogP contribution in [0.1, 0.15) is 29.8 Å². The number of nitrogens with zero attached hydrogens (tertiary/aromatic N) is 2. The smallest absolute Gasteiger partial charge is 0.870 e. The quantitative estimate of drug-likeness (QED) is 0.175. The molecule has 0 radical (unpaired) electrons. The van der Waals surface area contributed by atoms with Crippen LogP contribution in [0.5, 0.6) is 11.5 Å². The van der Waals surface area contributed by atoms with Gasteiger partial charge in [0.1, 0.15) is 21.4 Å². The summed E-state index contributed by atoms with van der Waals surface area (Å²) in [4.78, 5) is 12.7. The first-order valence-corrected chi connectivity index (χ1v) is 13.9. The van der Waals surface area contributed by atoms with Crippen molar-refractivity contribution in [2.24, 2.45) is 10.2 Å². The normalized spacial score (nSPS) is 11.4. The number of benzene rings is 4. The fourth-order valence-corrected chi connectivity index (χ4v) is 5.15. The summed E-state index contributed by atoms with van der Waals surface area (Å²) in [6.07, 6.45) is 0.269. The Bertz CT molecular complexity index is 1730. The largest absolute Gasteiger partial charge is 1.00 e. The van der Waals surface area contributed by atoms with Gasteiger partial charge in [0, 0.05) is 16.0 Å². The van der Waals surface area contributed by atoms with Crippen LogP contribution in [0.4, 0.5) is 17.1 Å². The molecule has 0 heterocycles. The second-order valence-corrected chi connectivity index (χ2v) is 10.4. The van der Waals surface area contributed by atoms with E-state index in [0.717, 1.165) is 6.07 Å². The summed E-state index contributed by atoms with van der Waals surface area (Å²) in [6.45, 7) is 3.88. The number of rotatable bonds is 8. The molecule has 4 aromatic carbocycles. The average molecular weight is 610 g/mol. The Morgan fingerprint density at radius 2 is 1.73 bits per heavy atom. The van der Waals surface area contributed by atoms with E-state index in [1.165, 1.54) is 12.1 Å². The SMILES string of the molecule is CCOc1cccc(NC(=O)c2cc3ccccc3c(N=Nc3c(S(=O)(=O)O)ccc(Cl)c3CC)c2[O-])c1Cl.[Na+]. The monoisotopic (exact) mass is 609 g/mol. The first-order chi connectivity index (χ1) is 18.6. The van der Waals surface area contributed by atoms with Gasteiger partial charge in [0.15, 0.2) is 0 Å². The molecule has 4 rings (SSSR count). The fraction of sp³-hybridized carbons (Fsp3) is 0.148. The van der Waals surface area contributed by atoms with E-state index in [0.29, 0.717) is 28.7 Å². The summed E-state index contributed by atoms with van der Waals surface area (Å²) in [5.41, 5.74) is -0.0869. The van der Waals surface area contributed by atoms with Crippen molar-refractivity contribution in [2.75, 3.05) is 11.9 Å². The van der Waals surface area contributed by atoms with Crippen molar-refractivity contribution in [3.05, 3.63) is 81.8 Å². The minimum atomic E-state index is -4.69. The number of halogens is 2. The maximum Gasteiger partial charge on any atom is 1.00 e. The van der Waals surface area contributed by atoms with Crippen molar-refractivity contribution in [3.63, 3.8) is 0 Å². The number of fused-ring (bicyclic) bond motifs is 1. The number of hydrogen-bond acceptors (Lipinski definition) is 7. The van der Waals surface area contributed by atoms with Gasteiger partial charge in [0.25, 0.3) is 16.0 Å². The molecule has 0 bridgehead atoms. The molecular weight excluding hydrogens is 588 g/mol. The summed E-state index contributed by atoms with van der Waals surface area (Å²) < 4.78 is 39.2. The molecule has 0 aliphatic rings. The van der Waals surface area contributed by atoms with Crippen molar-refractivity contribution in [1.82, 2.24) is 0 Å². The van der Waals surface area contributed by atoms with Gasteiger partial charge in [-0.3, -0.25) is 9.35 Å². The van der Waals surface area contributed by atoms with Crippen LogP contribution in [0.15, 0.2) is 75.8 Å². The van der Waals surface area contributed by atoms with E-state index in [2.05, 4.69) is 15.5 Å². The molecular formula is C27H22Cl2N3NaO6S. The van der Waals surface area contributed by atoms with Gasteiger partial charge in [0.05, 0.1) is 18.0 Å². The van der Waals surface area contributed by atoms with Gasteiger partial charge >= 0.3 is 29.6 Å². The molecule has 0 unspecified atom stereocenters. The molecule has 9 nitrogen and oxygen atoms in total. The topological polar surface area (TPSA) is 140 Å². The number of ether oxygens (including phenoxy) is 1. The van der Waals surface area contributed by atoms with Crippen molar-refractivity contribution < 1.29 is 57.2 Å². The zero-order valence-corrected chi connectivity index (χ0v) is 26.1. The van der Waals surface area contributed by atoms with Crippen LogP contribution in [0.2, 0.25) is 10.0 Å². The average Bonchev–Trinajstić information content (AvgIpc) is 2.89. The molecule has 202 valence electrons. The van der Waals surface area contributed by atoms with Crippen molar-refractivity contribution in [2.45, 2.75) is 25.2 Å². The maximum atomic E-state index is 13.5. The molecule has 40 heavy (non-hydrogen) atoms. The Balaban J connectivity index is 0.00000441. The van der Waals surface area contributed by atoms with Crippen molar-refractivity contribution in [1.29, 1.82) is 0 Å². The minimum Gasteiger partial charge on any atom is -0.870 e. The van der Waals surface area contributed by atoms with Gasteiger partial charge in [-0.05, 0) is 54.6 Å². The zero-order chi connectivity index (χ0) is 28.3. The Hall–Kier alpha value is -2.70. The second kappa shape index (κ2) is 13.3.